The van der Waals surface area contributed by atoms with Crippen LogP contribution < -0.4 is 16.0 Å². The largest absolute Gasteiger partial charge is 0.460 e. The number of nitrogens with zero attached hydrogens (tertiary/aromatic N) is 1. The van der Waals surface area contributed by atoms with E-state index in [2.05, 4.69) is 5.32 Å². The Morgan fingerprint density at radius 1 is 0.691 bits per heavy atom. The molecule has 6 unspecified atom stereocenters. The molecule has 0 saturated heterocycles. The Kier molecular flexibility index (Phi) is 11.0. The summed E-state index contributed by atoms with van der Waals surface area (Å²) in [5.41, 5.74) is 10.5. The van der Waals surface area contributed by atoms with Gasteiger partial charge in [0.15, 0.2) is 5.78 Å². The van der Waals surface area contributed by atoms with E-state index in [9.17, 15) is 15.8 Å². The molecule has 6 aliphatic rings. The Labute approximate surface area is 326 Å². The number of esters is 1. The summed E-state index contributed by atoms with van der Waals surface area (Å²) in [4.78, 5) is 40.4. The van der Waals surface area contributed by atoms with E-state index in [-0.39, 0.29) is 54.2 Å². The maximum absolute atomic E-state index is 13.2. The molecule has 0 aromatic heterocycles. The van der Waals surface area contributed by atoms with E-state index in [1.807, 2.05) is 109 Å². The second-order valence-electron chi connectivity index (χ2n) is 15.9. The second-order valence-corrected chi connectivity index (χ2v) is 15.9. The van der Waals surface area contributed by atoms with Crippen LogP contribution >= 0.6 is 0 Å². The van der Waals surface area contributed by atoms with E-state index in [1.54, 1.807) is 4.90 Å². The molecule has 8 heteroatoms. The molecular weight excluding hydrogens is 687 g/mol. The molecule has 0 spiro atoms. The fourth-order valence-electron chi connectivity index (χ4n) is 8.89. The molecular formula is C47H53N3O5. The van der Waals surface area contributed by atoms with E-state index in [1.165, 1.54) is 12.8 Å². The number of carbonyl (C=O) groups excluding carboxylic acids is 3. The molecule has 3 N–H and O–H groups in total. The lowest BCUT2D eigenvalue weighted by Gasteiger charge is -2.41. The molecule has 0 bridgehead atoms. The van der Waals surface area contributed by atoms with Crippen molar-refractivity contribution in [2.24, 2.45) is 23.5 Å². The third-order valence-electron chi connectivity index (χ3n) is 12.0. The molecule has 10 rings (SSSR count). The predicted molar refractivity (Wildman–Crippen MR) is 213 cm³/mol. The van der Waals surface area contributed by atoms with Crippen molar-refractivity contribution >= 4 is 23.5 Å². The Hall–Kier alpha value is -4.79. The SMILES string of the molecule is NC1CC1.O=C1c2ccccc2N(C(=O)OCc2ccccc2)C2CCCC12.[2H]C1(NC2CC2)c2ccccc2C(C(=O)OCc2ccccc2)C2CCCC21. The average Bonchev–Trinajstić information content (AvgIpc) is 4.10. The first-order valence-electron chi connectivity index (χ1n) is 20.8. The topological polar surface area (TPSA) is 111 Å². The number of amides is 1. The van der Waals surface area contributed by atoms with Crippen molar-refractivity contribution in [3.05, 3.63) is 137 Å². The van der Waals surface area contributed by atoms with Crippen LogP contribution in [0.25, 0.3) is 0 Å². The Morgan fingerprint density at radius 2 is 1.27 bits per heavy atom. The van der Waals surface area contributed by atoms with Crippen molar-refractivity contribution in [2.75, 3.05) is 4.90 Å². The van der Waals surface area contributed by atoms with Gasteiger partial charge in [-0.1, -0.05) is 110 Å². The first-order chi connectivity index (χ1) is 27.3. The first-order valence-corrected chi connectivity index (χ1v) is 20.3. The highest BCUT2D eigenvalue weighted by Crippen LogP contribution is 2.54. The van der Waals surface area contributed by atoms with Crippen LogP contribution in [-0.2, 0) is 27.5 Å². The summed E-state index contributed by atoms with van der Waals surface area (Å²) < 4.78 is 20.7. The third-order valence-corrected chi connectivity index (χ3v) is 12.0. The molecule has 55 heavy (non-hydrogen) atoms. The number of ether oxygens (including phenoxy) is 2. The third kappa shape index (κ3) is 8.56. The molecule has 4 fully saturated rings. The summed E-state index contributed by atoms with van der Waals surface area (Å²) in [6, 6.07) is 35.1. The quantitative estimate of drug-likeness (QED) is 0.182. The van der Waals surface area contributed by atoms with E-state index in [0.717, 1.165) is 73.6 Å². The molecule has 6 atom stereocenters. The van der Waals surface area contributed by atoms with Crippen molar-refractivity contribution in [2.45, 2.75) is 107 Å². The second kappa shape index (κ2) is 16.9. The predicted octanol–water partition coefficient (Wildman–Crippen LogP) is 9.04. The number of benzene rings is 4. The zero-order valence-corrected chi connectivity index (χ0v) is 31.5. The van der Waals surface area contributed by atoms with Crippen LogP contribution in [0.5, 0.6) is 0 Å². The average molecular weight is 741 g/mol. The Balaban J connectivity index is 0.000000144. The van der Waals surface area contributed by atoms with Crippen LogP contribution in [0.15, 0.2) is 109 Å². The zero-order chi connectivity index (χ0) is 38.6. The van der Waals surface area contributed by atoms with Gasteiger partial charge in [0.25, 0.3) is 0 Å². The molecule has 4 aromatic rings. The van der Waals surface area contributed by atoms with E-state index in [4.69, 9.17) is 15.2 Å². The van der Waals surface area contributed by atoms with Crippen LogP contribution in [0.1, 0.15) is 110 Å². The number of hydrogen-bond acceptors (Lipinski definition) is 7. The van der Waals surface area contributed by atoms with Gasteiger partial charge >= 0.3 is 12.1 Å². The summed E-state index contributed by atoms with van der Waals surface area (Å²) in [5, 5.41) is 3.63. The maximum Gasteiger partial charge on any atom is 0.414 e. The number of hydrogen-bond donors (Lipinski definition) is 2. The maximum atomic E-state index is 13.2. The number of rotatable bonds is 7. The van der Waals surface area contributed by atoms with Crippen molar-refractivity contribution in [1.82, 2.24) is 5.32 Å². The van der Waals surface area contributed by atoms with Gasteiger partial charge in [-0.2, -0.15) is 0 Å². The lowest BCUT2D eigenvalue weighted by Crippen LogP contribution is -2.49. The normalized spacial score (nSPS) is 27.4. The standard InChI is InChI=1S/C24H27NO2.C20H19NO3.C3H7N/c26-24(27-15-16-7-2-1-3-8-16)22-18-9-4-5-10-20(18)23(25-17-13-14-17)21-12-6-11-19(21)22;22-19-15-9-4-5-11-17(15)21(18-12-6-10-16(18)19)20(23)24-13-14-7-2-1-3-8-14;4-3-1-2-3/h1-5,7-10,17,19,21-23,25H,6,11-15H2;1-5,7-9,11,16,18H,6,10,12-13H2;3H,1-2,4H2/i23D;;. The highest BCUT2D eigenvalue weighted by atomic mass is 16.6. The van der Waals surface area contributed by atoms with Crippen molar-refractivity contribution < 1.29 is 25.2 Å². The summed E-state index contributed by atoms with van der Waals surface area (Å²) >= 11 is 0. The molecule has 5 aliphatic carbocycles. The van der Waals surface area contributed by atoms with Crippen LogP contribution in [0.4, 0.5) is 10.5 Å². The van der Waals surface area contributed by atoms with Gasteiger partial charge < -0.3 is 20.5 Å². The van der Waals surface area contributed by atoms with Crippen LogP contribution in [0.3, 0.4) is 0 Å². The number of ketones is 1. The number of anilines is 1. The minimum Gasteiger partial charge on any atom is -0.460 e. The lowest BCUT2D eigenvalue weighted by molar-refractivity contribution is -0.149. The van der Waals surface area contributed by atoms with Crippen LogP contribution in [0, 0.1) is 17.8 Å². The van der Waals surface area contributed by atoms with Gasteiger partial charge in [0, 0.05) is 29.6 Å². The van der Waals surface area contributed by atoms with Gasteiger partial charge in [-0.05, 0) is 97.6 Å². The summed E-state index contributed by atoms with van der Waals surface area (Å²) in [6.07, 6.45) is 10.2. The molecule has 1 heterocycles. The van der Waals surface area contributed by atoms with Crippen molar-refractivity contribution in [3.63, 3.8) is 0 Å². The number of para-hydroxylation sites is 1. The smallest absolute Gasteiger partial charge is 0.414 e. The minimum atomic E-state index is -0.783. The Morgan fingerprint density at radius 3 is 1.95 bits per heavy atom. The highest BCUT2D eigenvalue weighted by Gasteiger charge is 2.49. The zero-order valence-electron chi connectivity index (χ0n) is 32.5. The van der Waals surface area contributed by atoms with Gasteiger partial charge in [0.2, 0.25) is 0 Å². The molecule has 286 valence electrons. The molecule has 1 amide bonds. The minimum absolute atomic E-state index is 0.0735. The van der Waals surface area contributed by atoms with Gasteiger partial charge in [0.05, 0.1) is 19.0 Å². The molecule has 8 nitrogen and oxygen atoms in total. The van der Waals surface area contributed by atoms with Crippen LogP contribution in [-0.4, -0.2) is 36.0 Å². The van der Waals surface area contributed by atoms with Crippen LogP contribution in [0.2, 0.25) is 0 Å². The number of Topliss-reactive ketones (excluding diaryl/α,β-unsaturated/α-hetero) is 1. The molecule has 0 radical (unpaired) electrons. The lowest BCUT2D eigenvalue weighted by atomic mass is 9.68. The van der Waals surface area contributed by atoms with Gasteiger partial charge in [-0.25, -0.2) is 4.79 Å². The molecule has 1 aliphatic heterocycles. The van der Waals surface area contributed by atoms with Gasteiger partial charge in [-0.15, -0.1) is 0 Å². The molecule has 4 saturated carbocycles. The van der Waals surface area contributed by atoms with E-state index >= 15 is 0 Å². The van der Waals surface area contributed by atoms with Gasteiger partial charge in [0.1, 0.15) is 13.2 Å². The number of carbonyl (C=O) groups is 3. The van der Waals surface area contributed by atoms with Crippen molar-refractivity contribution in [1.29, 1.82) is 0 Å². The summed E-state index contributed by atoms with van der Waals surface area (Å²) in [5.74, 6) is 0.0251. The summed E-state index contributed by atoms with van der Waals surface area (Å²) in [6.45, 7) is 0.547. The molecule has 4 aromatic carbocycles. The number of fused-ring (bicyclic) bond motifs is 4. The van der Waals surface area contributed by atoms with E-state index in [0.29, 0.717) is 29.9 Å². The van der Waals surface area contributed by atoms with Crippen molar-refractivity contribution in [3.8, 4) is 0 Å². The highest BCUT2D eigenvalue weighted by molar-refractivity contribution is 6.09. The Bertz CT molecular complexity index is 2000. The first kappa shape index (κ1) is 35.9. The van der Waals surface area contributed by atoms with Gasteiger partial charge in [-0.3, -0.25) is 14.5 Å². The fraction of sp³-hybridized carbons (Fsp3) is 0.426. The number of nitrogens with one attached hydrogen (secondary N) is 1. The van der Waals surface area contributed by atoms with E-state index < -0.39 is 6.02 Å². The monoisotopic (exact) mass is 740 g/mol. The fourth-order valence-corrected chi connectivity index (χ4v) is 8.89. The number of nitrogens with two attached hydrogens (primary N) is 1. The summed E-state index contributed by atoms with van der Waals surface area (Å²) in [7, 11) is 0.